The van der Waals surface area contributed by atoms with Gasteiger partial charge in [0.05, 0.1) is 6.61 Å². The fourth-order valence-corrected chi connectivity index (χ4v) is 6.35. The maximum atomic E-state index is 13.3. The third-order valence-electron chi connectivity index (χ3n) is 7.96. The monoisotopic (exact) mass is 482 g/mol. The zero-order valence-electron chi connectivity index (χ0n) is 20.4. The van der Waals surface area contributed by atoms with Gasteiger partial charge in [0.2, 0.25) is 5.88 Å². The number of ether oxygens (including phenoxy) is 2. The van der Waals surface area contributed by atoms with E-state index in [1.165, 1.54) is 22.3 Å². The number of carbonyl (C=O) groups excluding carboxylic acids is 2. The Morgan fingerprint density at radius 1 is 0.917 bits per heavy atom. The number of benzene rings is 2. The van der Waals surface area contributed by atoms with E-state index >= 15 is 0 Å². The summed E-state index contributed by atoms with van der Waals surface area (Å²) in [5.74, 6) is 0.582. The van der Waals surface area contributed by atoms with Gasteiger partial charge in [-0.1, -0.05) is 48.5 Å². The number of carbonyl (C=O) groups is 2. The van der Waals surface area contributed by atoms with Gasteiger partial charge in [0.15, 0.2) is 5.78 Å². The molecule has 3 aromatic rings. The van der Waals surface area contributed by atoms with Gasteiger partial charge in [-0.2, -0.15) is 0 Å². The third kappa shape index (κ3) is 3.94. The lowest BCUT2D eigenvalue weighted by Crippen LogP contribution is -2.48. The van der Waals surface area contributed by atoms with E-state index < -0.39 is 0 Å². The highest BCUT2D eigenvalue weighted by molar-refractivity contribution is 5.98. The number of pyridine rings is 1. The standard InChI is InChI=1S/C30H30N2O4/c1-2-35-28-14-11-19(17-31-28)29(33)20-15-21-12-13-22(16-20)32(21)30(34)36-18-27-25-9-5-3-7-23(25)24-8-4-6-10-26(24)27/h3-11,14,17,20-22,27H,2,12-13,15-16,18H2,1H3. The van der Waals surface area contributed by atoms with Gasteiger partial charge in [-0.25, -0.2) is 9.78 Å². The van der Waals surface area contributed by atoms with E-state index in [-0.39, 0.29) is 35.8 Å². The molecule has 2 aromatic carbocycles. The van der Waals surface area contributed by atoms with Crippen LogP contribution in [0.2, 0.25) is 0 Å². The Bertz CT molecular complexity index is 1230. The van der Waals surface area contributed by atoms with Crippen molar-refractivity contribution in [2.45, 2.75) is 50.6 Å². The molecule has 1 aliphatic carbocycles. The summed E-state index contributed by atoms with van der Waals surface area (Å²) in [6.07, 6.45) is 4.53. The number of amides is 1. The molecule has 36 heavy (non-hydrogen) atoms. The van der Waals surface area contributed by atoms with Crippen molar-refractivity contribution in [1.82, 2.24) is 9.88 Å². The molecule has 3 heterocycles. The summed E-state index contributed by atoms with van der Waals surface area (Å²) in [7, 11) is 0. The Morgan fingerprint density at radius 3 is 2.14 bits per heavy atom. The van der Waals surface area contributed by atoms with Gasteiger partial charge in [-0.05, 0) is 60.9 Å². The van der Waals surface area contributed by atoms with Gasteiger partial charge in [-0.3, -0.25) is 4.79 Å². The second kappa shape index (κ2) is 9.41. The summed E-state index contributed by atoms with van der Waals surface area (Å²) in [5, 5.41) is 0. The van der Waals surface area contributed by atoms with Crippen LogP contribution in [0.1, 0.15) is 60.0 Å². The molecule has 184 valence electrons. The molecule has 0 spiro atoms. The van der Waals surface area contributed by atoms with Crippen LogP contribution in [0.3, 0.4) is 0 Å². The molecule has 3 aliphatic rings. The molecule has 2 unspecified atom stereocenters. The fraction of sp³-hybridized carbons (Fsp3) is 0.367. The van der Waals surface area contributed by atoms with Crippen LogP contribution in [0.15, 0.2) is 66.9 Å². The van der Waals surface area contributed by atoms with Crippen molar-refractivity contribution in [3.63, 3.8) is 0 Å². The predicted octanol–water partition coefficient (Wildman–Crippen LogP) is 5.86. The zero-order valence-corrected chi connectivity index (χ0v) is 20.4. The first kappa shape index (κ1) is 22.8. The van der Waals surface area contributed by atoms with E-state index in [1.54, 1.807) is 18.3 Å². The molecule has 2 fully saturated rings. The van der Waals surface area contributed by atoms with E-state index in [4.69, 9.17) is 9.47 Å². The normalized spacial score (nSPS) is 22.1. The Kier molecular flexibility index (Phi) is 5.96. The minimum absolute atomic E-state index is 0.0454. The van der Waals surface area contributed by atoms with Gasteiger partial charge in [0, 0.05) is 41.7 Å². The zero-order chi connectivity index (χ0) is 24.6. The number of aromatic nitrogens is 1. The average Bonchev–Trinajstić information content (AvgIpc) is 3.38. The minimum atomic E-state index is -0.252. The van der Waals surface area contributed by atoms with Gasteiger partial charge in [-0.15, -0.1) is 0 Å². The van der Waals surface area contributed by atoms with Crippen molar-refractivity contribution in [1.29, 1.82) is 0 Å². The first-order valence-electron chi connectivity index (χ1n) is 12.9. The number of hydrogen-bond donors (Lipinski definition) is 0. The number of hydrogen-bond acceptors (Lipinski definition) is 5. The highest BCUT2D eigenvalue weighted by Gasteiger charge is 2.46. The summed E-state index contributed by atoms with van der Waals surface area (Å²) >= 11 is 0. The molecule has 2 atom stereocenters. The Hall–Kier alpha value is -3.67. The molecule has 2 aliphatic heterocycles. The van der Waals surface area contributed by atoms with Crippen LogP contribution in [-0.4, -0.2) is 47.1 Å². The first-order chi connectivity index (χ1) is 17.6. The van der Waals surface area contributed by atoms with Gasteiger partial charge in [0.25, 0.3) is 0 Å². The third-order valence-corrected chi connectivity index (χ3v) is 7.96. The van der Waals surface area contributed by atoms with Gasteiger partial charge in [0.1, 0.15) is 6.61 Å². The van der Waals surface area contributed by atoms with E-state index in [2.05, 4.69) is 41.4 Å². The van der Waals surface area contributed by atoms with Crippen molar-refractivity contribution in [2.24, 2.45) is 5.92 Å². The molecule has 2 saturated heterocycles. The van der Waals surface area contributed by atoms with Crippen LogP contribution in [0.4, 0.5) is 4.79 Å². The molecule has 1 aromatic heterocycles. The molecule has 0 N–H and O–H groups in total. The fourth-order valence-electron chi connectivity index (χ4n) is 6.35. The molecule has 6 heteroatoms. The van der Waals surface area contributed by atoms with Crippen molar-refractivity contribution in [3.8, 4) is 17.0 Å². The van der Waals surface area contributed by atoms with Crippen LogP contribution in [-0.2, 0) is 4.74 Å². The maximum Gasteiger partial charge on any atom is 0.410 e. The van der Waals surface area contributed by atoms with Gasteiger partial charge < -0.3 is 14.4 Å². The molecule has 0 radical (unpaired) electrons. The molecule has 6 rings (SSSR count). The van der Waals surface area contributed by atoms with Crippen molar-refractivity contribution in [2.75, 3.05) is 13.2 Å². The molecule has 1 amide bonds. The molecular weight excluding hydrogens is 452 g/mol. The van der Waals surface area contributed by atoms with Gasteiger partial charge >= 0.3 is 6.09 Å². The van der Waals surface area contributed by atoms with E-state index in [9.17, 15) is 9.59 Å². The lowest BCUT2D eigenvalue weighted by molar-refractivity contribution is 0.0506. The number of ketones is 1. The van der Waals surface area contributed by atoms with E-state index in [1.807, 2.05) is 24.0 Å². The number of nitrogens with zero attached hydrogens (tertiary/aromatic N) is 2. The molecule has 0 saturated carbocycles. The van der Waals surface area contributed by atoms with Crippen molar-refractivity contribution < 1.29 is 19.1 Å². The largest absolute Gasteiger partial charge is 0.478 e. The second-order valence-electron chi connectivity index (χ2n) is 9.95. The minimum Gasteiger partial charge on any atom is -0.478 e. The van der Waals surface area contributed by atoms with E-state index in [0.29, 0.717) is 37.5 Å². The average molecular weight is 483 g/mol. The highest BCUT2D eigenvalue weighted by atomic mass is 16.6. The first-order valence-corrected chi connectivity index (χ1v) is 12.9. The summed E-state index contributed by atoms with van der Waals surface area (Å²) in [4.78, 5) is 32.6. The van der Waals surface area contributed by atoms with Crippen LogP contribution in [0.25, 0.3) is 11.1 Å². The number of rotatable bonds is 6. The smallest absolute Gasteiger partial charge is 0.410 e. The molecular formula is C30H30N2O4. The maximum absolute atomic E-state index is 13.3. The summed E-state index contributed by atoms with van der Waals surface area (Å²) in [6.45, 7) is 2.77. The number of piperidine rings is 1. The van der Waals surface area contributed by atoms with Crippen LogP contribution in [0, 0.1) is 5.92 Å². The lowest BCUT2D eigenvalue weighted by Gasteiger charge is -2.37. The molecule has 2 bridgehead atoms. The highest BCUT2D eigenvalue weighted by Crippen LogP contribution is 2.45. The number of fused-ring (bicyclic) bond motifs is 5. The quantitative estimate of drug-likeness (QED) is 0.412. The molecule has 6 nitrogen and oxygen atoms in total. The van der Waals surface area contributed by atoms with Crippen molar-refractivity contribution >= 4 is 11.9 Å². The number of Topliss-reactive ketones (excluding diaryl/α,β-unsaturated/α-hetero) is 1. The Labute approximate surface area is 211 Å². The van der Waals surface area contributed by atoms with Crippen LogP contribution in [0.5, 0.6) is 5.88 Å². The van der Waals surface area contributed by atoms with Crippen LogP contribution >= 0.6 is 0 Å². The lowest BCUT2D eigenvalue weighted by atomic mass is 9.85. The van der Waals surface area contributed by atoms with Crippen molar-refractivity contribution in [3.05, 3.63) is 83.6 Å². The van der Waals surface area contributed by atoms with E-state index in [0.717, 1.165) is 12.8 Å². The van der Waals surface area contributed by atoms with Crippen LogP contribution < -0.4 is 4.74 Å². The summed E-state index contributed by atoms with van der Waals surface area (Å²) in [5.41, 5.74) is 5.47. The Morgan fingerprint density at radius 2 is 1.56 bits per heavy atom. The summed E-state index contributed by atoms with van der Waals surface area (Å²) in [6, 6.07) is 20.4. The SMILES string of the molecule is CCOc1ccc(C(=O)C2CC3CCC(C2)N3C(=O)OCC2c3ccccc3-c3ccccc32)cn1. The topological polar surface area (TPSA) is 68.7 Å². The Balaban J connectivity index is 1.12. The summed E-state index contributed by atoms with van der Waals surface area (Å²) < 4.78 is 11.3. The second-order valence-corrected chi connectivity index (χ2v) is 9.95. The predicted molar refractivity (Wildman–Crippen MR) is 136 cm³/mol.